The lowest BCUT2D eigenvalue weighted by molar-refractivity contribution is 0.567. The van der Waals surface area contributed by atoms with Crippen molar-refractivity contribution in [3.63, 3.8) is 0 Å². The van der Waals surface area contributed by atoms with Crippen molar-refractivity contribution in [1.82, 2.24) is 9.97 Å². The summed E-state index contributed by atoms with van der Waals surface area (Å²) >= 11 is 0. The number of furan rings is 2. The molecule has 0 radical (unpaired) electrons. The number of pyridine rings is 2. The molecular formula is C33H32N2O2. The smallest absolute Gasteiger partial charge is 0.227 e. The molecule has 0 amide bonds. The average Bonchev–Trinajstić information content (AvgIpc) is 3.43. The quantitative estimate of drug-likeness (QED) is 0.244. The second-order valence-electron chi connectivity index (χ2n) is 12.1. The van der Waals surface area contributed by atoms with Crippen LogP contribution in [0.4, 0.5) is 0 Å². The van der Waals surface area contributed by atoms with Gasteiger partial charge in [0.25, 0.3) is 0 Å². The van der Waals surface area contributed by atoms with E-state index < -0.39 is 0 Å². The maximum Gasteiger partial charge on any atom is 0.227 e. The predicted molar refractivity (Wildman–Crippen MR) is 152 cm³/mol. The van der Waals surface area contributed by atoms with E-state index in [0.717, 1.165) is 55.6 Å². The first kappa shape index (κ1) is 23.5. The second-order valence-corrected chi connectivity index (χ2v) is 12.1. The molecule has 4 heteroatoms. The number of para-hydroxylation sites is 1. The Morgan fingerprint density at radius 3 is 2.16 bits per heavy atom. The summed E-state index contributed by atoms with van der Waals surface area (Å²) in [5.74, 6) is 0.854. The molecular weight excluding hydrogens is 456 g/mol. The molecule has 0 aliphatic heterocycles. The van der Waals surface area contributed by atoms with Gasteiger partial charge in [-0.1, -0.05) is 59.7 Å². The fourth-order valence-electron chi connectivity index (χ4n) is 4.84. The highest BCUT2D eigenvalue weighted by Crippen LogP contribution is 2.38. The Labute approximate surface area is 217 Å². The maximum atomic E-state index is 6.33. The number of aromatic nitrogens is 2. The molecule has 37 heavy (non-hydrogen) atoms. The van der Waals surface area contributed by atoms with Crippen molar-refractivity contribution in [2.75, 3.05) is 0 Å². The van der Waals surface area contributed by atoms with Crippen LogP contribution in [0.25, 0.3) is 55.6 Å². The van der Waals surface area contributed by atoms with Crippen LogP contribution < -0.4 is 0 Å². The molecule has 4 aromatic heterocycles. The van der Waals surface area contributed by atoms with Crippen molar-refractivity contribution in [2.24, 2.45) is 0 Å². The normalized spacial score (nSPS) is 12.7. The molecule has 186 valence electrons. The van der Waals surface area contributed by atoms with Crippen molar-refractivity contribution in [3.8, 4) is 22.6 Å². The highest BCUT2D eigenvalue weighted by molar-refractivity contribution is 6.08. The molecule has 0 unspecified atom stereocenters. The third-order valence-electron chi connectivity index (χ3n) is 7.13. The number of rotatable bonds is 2. The van der Waals surface area contributed by atoms with E-state index in [2.05, 4.69) is 95.1 Å². The van der Waals surface area contributed by atoms with Gasteiger partial charge < -0.3 is 8.83 Å². The molecule has 4 heterocycles. The van der Waals surface area contributed by atoms with E-state index in [9.17, 15) is 0 Å². The Morgan fingerprint density at radius 1 is 0.730 bits per heavy atom. The first-order valence-electron chi connectivity index (χ1n) is 12.8. The molecule has 0 atom stereocenters. The summed E-state index contributed by atoms with van der Waals surface area (Å²) in [6.45, 7) is 15.5. The number of fused-ring (bicyclic) bond motifs is 4. The summed E-state index contributed by atoms with van der Waals surface area (Å²) < 4.78 is 12.6. The van der Waals surface area contributed by atoms with Crippen LogP contribution in [0.5, 0.6) is 0 Å². The van der Waals surface area contributed by atoms with Crippen molar-refractivity contribution < 1.29 is 8.83 Å². The molecule has 0 bridgehead atoms. The number of hydrogen-bond acceptors (Lipinski definition) is 4. The van der Waals surface area contributed by atoms with E-state index in [-0.39, 0.29) is 10.8 Å². The number of benzene rings is 2. The molecule has 0 aliphatic rings. The third-order valence-corrected chi connectivity index (χ3v) is 7.13. The van der Waals surface area contributed by atoms with Gasteiger partial charge in [0.05, 0.1) is 11.9 Å². The Morgan fingerprint density at radius 2 is 1.46 bits per heavy atom. The molecule has 4 nitrogen and oxygen atoms in total. The minimum Gasteiger partial charge on any atom is -0.454 e. The minimum atomic E-state index is 0.0371. The van der Waals surface area contributed by atoms with E-state index in [1.54, 1.807) is 0 Å². The first-order chi connectivity index (χ1) is 17.5. The van der Waals surface area contributed by atoms with Crippen molar-refractivity contribution in [3.05, 3.63) is 83.7 Å². The number of hydrogen-bond donors (Lipinski definition) is 0. The highest BCUT2D eigenvalue weighted by Gasteiger charge is 2.22. The second kappa shape index (κ2) is 8.04. The predicted octanol–water partition coefficient (Wildman–Crippen LogP) is 9.36. The van der Waals surface area contributed by atoms with Crippen LogP contribution in [0.15, 0.2) is 75.7 Å². The average molecular weight is 489 g/mol. The summed E-state index contributed by atoms with van der Waals surface area (Å²) in [5.41, 5.74) is 8.73. The molecule has 0 aliphatic carbocycles. The molecule has 6 rings (SSSR count). The van der Waals surface area contributed by atoms with Crippen LogP contribution in [0.1, 0.15) is 58.4 Å². The van der Waals surface area contributed by atoms with E-state index in [4.69, 9.17) is 13.8 Å². The van der Waals surface area contributed by atoms with Crippen molar-refractivity contribution in [2.45, 2.75) is 59.3 Å². The minimum absolute atomic E-state index is 0.0371. The number of aryl methyl sites for hydroxylation is 1. The molecule has 6 aromatic rings. The van der Waals surface area contributed by atoms with Gasteiger partial charge >= 0.3 is 0 Å². The lowest BCUT2D eigenvalue weighted by atomic mass is 9.79. The lowest BCUT2D eigenvalue weighted by Crippen LogP contribution is -2.16. The zero-order valence-electron chi connectivity index (χ0n) is 22.6. The zero-order valence-corrected chi connectivity index (χ0v) is 22.6. The molecule has 0 saturated carbocycles. The van der Waals surface area contributed by atoms with Gasteiger partial charge in [0, 0.05) is 33.0 Å². The number of nitrogens with zero attached hydrogens (tertiary/aromatic N) is 2. The van der Waals surface area contributed by atoms with Gasteiger partial charge in [-0.25, -0.2) is 4.98 Å². The van der Waals surface area contributed by atoms with E-state index in [1.807, 2.05) is 25.3 Å². The Bertz CT molecular complexity index is 1770. The Hall–Kier alpha value is -3.92. The molecule has 0 saturated heterocycles. The molecule has 0 N–H and O–H groups in total. The van der Waals surface area contributed by atoms with Gasteiger partial charge in [0.2, 0.25) is 5.71 Å². The highest BCUT2D eigenvalue weighted by atomic mass is 16.3. The SMILES string of the molecule is Cc1ccc2c(n1)oc1c(-c3cc4cc(-c5cc(C(C)(C)C)cc(C(C)(C)C)c5)oc4cn3)cccc12. The van der Waals surface area contributed by atoms with Gasteiger partial charge in [-0.2, -0.15) is 0 Å². The van der Waals surface area contributed by atoms with E-state index in [0.29, 0.717) is 5.71 Å². The van der Waals surface area contributed by atoms with Crippen LogP contribution in [0.2, 0.25) is 0 Å². The van der Waals surface area contributed by atoms with E-state index in [1.165, 1.54) is 11.1 Å². The summed E-state index contributed by atoms with van der Waals surface area (Å²) in [6, 6.07) is 21.3. The summed E-state index contributed by atoms with van der Waals surface area (Å²) in [6.07, 6.45) is 1.82. The van der Waals surface area contributed by atoms with Gasteiger partial charge in [-0.3, -0.25) is 4.98 Å². The van der Waals surface area contributed by atoms with Crippen LogP contribution in [0, 0.1) is 6.92 Å². The third kappa shape index (κ3) is 4.11. The van der Waals surface area contributed by atoms with Crippen LogP contribution >= 0.6 is 0 Å². The monoisotopic (exact) mass is 488 g/mol. The largest absolute Gasteiger partial charge is 0.454 e. The van der Waals surface area contributed by atoms with Crippen LogP contribution in [-0.4, -0.2) is 9.97 Å². The summed E-state index contributed by atoms with van der Waals surface area (Å²) in [5, 5.41) is 3.08. The van der Waals surface area contributed by atoms with Gasteiger partial charge in [-0.15, -0.1) is 0 Å². The topological polar surface area (TPSA) is 52.1 Å². The van der Waals surface area contributed by atoms with Gasteiger partial charge in [0.15, 0.2) is 5.58 Å². The van der Waals surface area contributed by atoms with Crippen molar-refractivity contribution in [1.29, 1.82) is 0 Å². The Balaban J connectivity index is 1.49. The van der Waals surface area contributed by atoms with Gasteiger partial charge in [-0.05, 0) is 71.3 Å². The molecule has 2 aromatic carbocycles. The molecule has 0 fully saturated rings. The van der Waals surface area contributed by atoms with E-state index >= 15 is 0 Å². The fourth-order valence-corrected chi connectivity index (χ4v) is 4.84. The standard InChI is InChI=1S/C33H32N2O2/c1-19-11-12-25-24-9-8-10-26(30(24)37-31(25)35-19)27-15-21-16-28(36-29(21)18-34-27)20-13-22(32(2,3)4)17-23(14-20)33(5,6)7/h8-18H,1-7H3. The fraction of sp³-hybridized carbons (Fsp3) is 0.273. The van der Waals surface area contributed by atoms with Crippen molar-refractivity contribution >= 4 is 33.0 Å². The Kier molecular flexibility index (Phi) is 5.10. The first-order valence-corrected chi connectivity index (χ1v) is 12.8. The molecule has 0 spiro atoms. The summed E-state index contributed by atoms with van der Waals surface area (Å²) in [4.78, 5) is 9.34. The lowest BCUT2D eigenvalue weighted by Gasteiger charge is -2.26. The van der Waals surface area contributed by atoms with Gasteiger partial charge in [0.1, 0.15) is 11.3 Å². The maximum absolute atomic E-state index is 6.33. The zero-order chi connectivity index (χ0) is 26.1. The summed E-state index contributed by atoms with van der Waals surface area (Å²) in [7, 11) is 0. The van der Waals surface area contributed by atoms with Crippen LogP contribution in [0.3, 0.4) is 0 Å². The van der Waals surface area contributed by atoms with Crippen LogP contribution in [-0.2, 0) is 10.8 Å².